The van der Waals surface area contributed by atoms with Gasteiger partial charge >= 0.3 is 0 Å². The van der Waals surface area contributed by atoms with Crippen molar-refractivity contribution in [2.45, 2.75) is 4.83 Å². The molecule has 0 bridgehead atoms. The number of anilines is 1. The summed E-state index contributed by atoms with van der Waals surface area (Å²) in [5, 5.41) is 2.85. The van der Waals surface area contributed by atoms with Crippen LogP contribution in [0.25, 0.3) is 0 Å². The number of hydrogen-bond acceptors (Lipinski definition) is 3. The third kappa shape index (κ3) is 2.63. The molecule has 102 valence electrons. The zero-order valence-corrected chi connectivity index (χ0v) is 12.1. The fourth-order valence-corrected chi connectivity index (χ4v) is 2.37. The van der Waals surface area contributed by atoms with E-state index in [-0.39, 0.29) is 12.7 Å². The van der Waals surface area contributed by atoms with Crippen molar-refractivity contribution in [2.75, 3.05) is 12.1 Å². The Morgan fingerprint density at radius 2 is 1.85 bits per heavy atom. The minimum absolute atomic E-state index is 0.130. The highest BCUT2D eigenvalue weighted by atomic mass is 79.9. The number of hydrogen-bond donors (Lipinski definition) is 1. The normalized spacial score (nSPS) is 13.8. The fourth-order valence-electron chi connectivity index (χ4n) is 1.95. The van der Waals surface area contributed by atoms with Crippen LogP contribution >= 0.6 is 15.9 Å². The maximum Gasteiger partial charge on any atom is 0.242 e. The molecule has 2 aromatic carbocycles. The smallest absolute Gasteiger partial charge is 0.242 e. The van der Waals surface area contributed by atoms with E-state index < -0.39 is 4.83 Å². The van der Waals surface area contributed by atoms with Crippen LogP contribution in [0.15, 0.2) is 48.5 Å². The van der Waals surface area contributed by atoms with E-state index in [2.05, 4.69) is 21.2 Å². The van der Waals surface area contributed by atoms with Crippen LogP contribution in [0.3, 0.4) is 0 Å². The summed E-state index contributed by atoms with van der Waals surface area (Å²) >= 11 is 3.40. The van der Waals surface area contributed by atoms with E-state index in [9.17, 15) is 4.79 Å². The van der Waals surface area contributed by atoms with Gasteiger partial charge in [0.05, 0.1) is 0 Å². The number of carbonyl (C=O) groups is 1. The maximum absolute atomic E-state index is 12.2. The van der Waals surface area contributed by atoms with Crippen molar-refractivity contribution in [3.63, 3.8) is 0 Å². The fraction of sp³-hybridized carbons (Fsp3) is 0.133. The Labute approximate surface area is 124 Å². The molecule has 0 spiro atoms. The van der Waals surface area contributed by atoms with E-state index in [0.717, 1.165) is 5.56 Å². The van der Waals surface area contributed by atoms with E-state index in [0.29, 0.717) is 17.2 Å². The molecule has 1 heterocycles. The molecule has 5 heteroatoms. The van der Waals surface area contributed by atoms with E-state index in [4.69, 9.17) is 9.47 Å². The van der Waals surface area contributed by atoms with Crippen LogP contribution in [0.1, 0.15) is 10.4 Å². The van der Waals surface area contributed by atoms with Gasteiger partial charge in [0.1, 0.15) is 4.83 Å². The molecule has 0 saturated heterocycles. The topological polar surface area (TPSA) is 47.6 Å². The van der Waals surface area contributed by atoms with Crippen molar-refractivity contribution in [2.24, 2.45) is 0 Å². The lowest BCUT2D eigenvalue weighted by Crippen LogP contribution is -2.16. The van der Waals surface area contributed by atoms with Gasteiger partial charge in [-0.2, -0.15) is 0 Å². The van der Waals surface area contributed by atoms with Gasteiger partial charge in [-0.1, -0.05) is 46.3 Å². The van der Waals surface area contributed by atoms with Crippen molar-refractivity contribution >= 4 is 27.5 Å². The van der Waals surface area contributed by atoms with Crippen molar-refractivity contribution in [3.05, 3.63) is 54.1 Å². The molecule has 0 aliphatic carbocycles. The second-order valence-corrected chi connectivity index (χ2v) is 5.25. The predicted molar refractivity (Wildman–Crippen MR) is 79.3 cm³/mol. The number of benzene rings is 2. The van der Waals surface area contributed by atoms with Crippen LogP contribution in [0, 0.1) is 0 Å². The molecule has 1 atom stereocenters. The lowest BCUT2D eigenvalue weighted by molar-refractivity contribution is -0.115. The zero-order chi connectivity index (χ0) is 13.9. The molecule has 1 aliphatic rings. The first-order chi connectivity index (χ1) is 9.74. The van der Waals surface area contributed by atoms with Crippen LogP contribution in [0.4, 0.5) is 5.69 Å². The van der Waals surface area contributed by atoms with Crippen molar-refractivity contribution in [1.29, 1.82) is 0 Å². The number of ether oxygens (including phenoxy) is 2. The molecule has 3 rings (SSSR count). The number of carbonyl (C=O) groups excluding carboxylic acids is 1. The van der Waals surface area contributed by atoms with Crippen molar-refractivity contribution in [3.8, 4) is 11.5 Å². The predicted octanol–water partition coefficient (Wildman–Crippen LogP) is 3.49. The highest BCUT2D eigenvalue weighted by molar-refractivity contribution is 9.09. The summed E-state index contributed by atoms with van der Waals surface area (Å²) in [6.07, 6.45) is 0. The first-order valence-corrected chi connectivity index (χ1v) is 7.05. The lowest BCUT2D eigenvalue weighted by atomic mass is 10.1. The summed E-state index contributed by atoms with van der Waals surface area (Å²) in [6.45, 7) is 0.220. The standard InChI is InChI=1S/C15H12BrNO3/c16-14(10-4-2-1-3-5-10)15(18)17-11-6-7-12-13(8-11)20-9-19-12/h1-8,14H,9H2,(H,17,18)/t14-/m0/s1. The average Bonchev–Trinajstić information content (AvgIpc) is 2.95. The molecule has 1 N–H and O–H groups in total. The number of halogens is 1. The average molecular weight is 334 g/mol. The molecule has 0 saturated carbocycles. The molecule has 0 fully saturated rings. The summed E-state index contributed by atoms with van der Waals surface area (Å²) < 4.78 is 10.5. The summed E-state index contributed by atoms with van der Waals surface area (Å²) in [5.74, 6) is 1.21. The number of fused-ring (bicyclic) bond motifs is 1. The van der Waals surface area contributed by atoms with E-state index in [1.807, 2.05) is 30.3 Å². The number of amides is 1. The summed E-state index contributed by atoms with van der Waals surface area (Å²) in [4.78, 5) is 11.8. The highest BCUT2D eigenvalue weighted by Crippen LogP contribution is 2.34. The number of rotatable bonds is 3. The molecule has 0 aromatic heterocycles. The molecule has 20 heavy (non-hydrogen) atoms. The van der Waals surface area contributed by atoms with Crippen molar-refractivity contribution in [1.82, 2.24) is 0 Å². The van der Waals surface area contributed by atoms with E-state index in [1.54, 1.807) is 18.2 Å². The van der Waals surface area contributed by atoms with Gasteiger partial charge in [-0.15, -0.1) is 0 Å². The molecule has 4 nitrogen and oxygen atoms in total. The van der Waals surface area contributed by atoms with Gasteiger partial charge in [0.25, 0.3) is 0 Å². The Hall–Kier alpha value is -2.01. The van der Waals surface area contributed by atoms with Gasteiger partial charge in [-0.05, 0) is 17.7 Å². The van der Waals surface area contributed by atoms with Gasteiger partial charge in [0.2, 0.25) is 12.7 Å². The largest absolute Gasteiger partial charge is 0.454 e. The zero-order valence-electron chi connectivity index (χ0n) is 10.5. The molecule has 2 aromatic rings. The molecule has 1 amide bonds. The Morgan fingerprint density at radius 3 is 2.65 bits per heavy atom. The summed E-state index contributed by atoms with van der Waals surface area (Å²) in [7, 11) is 0. The Kier molecular flexibility index (Phi) is 3.60. The monoisotopic (exact) mass is 333 g/mol. The lowest BCUT2D eigenvalue weighted by Gasteiger charge is -2.11. The van der Waals surface area contributed by atoms with Gasteiger partial charge < -0.3 is 14.8 Å². The third-order valence-corrected chi connectivity index (χ3v) is 3.91. The van der Waals surface area contributed by atoms with Crippen LogP contribution in [-0.4, -0.2) is 12.7 Å². The Morgan fingerprint density at radius 1 is 1.10 bits per heavy atom. The highest BCUT2D eigenvalue weighted by Gasteiger charge is 2.19. The first-order valence-electron chi connectivity index (χ1n) is 6.13. The summed E-state index contributed by atoms with van der Waals surface area (Å²) in [6, 6.07) is 14.8. The van der Waals surface area contributed by atoms with Gasteiger partial charge in [-0.3, -0.25) is 4.79 Å². The molecule has 0 radical (unpaired) electrons. The molecular formula is C15H12BrNO3. The van der Waals surface area contributed by atoms with Gasteiger partial charge in [0, 0.05) is 11.8 Å². The first kappa shape index (κ1) is 13.0. The molecular weight excluding hydrogens is 322 g/mol. The Balaban J connectivity index is 1.73. The number of nitrogens with one attached hydrogen (secondary N) is 1. The quantitative estimate of drug-likeness (QED) is 0.874. The minimum atomic E-state index is -0.394. The van der Waals surface area contributed by atoms with Crippen LogP contribution in [0.5, 0.6) is 11.5 Å². The molecule has 0 unspecified atom stereocenters. The second kappa shape index (κ2) is 5.54. The van der Waals surface area contributed by atoms with Crippen LogP contribution in [-0.2, 0) is 4.79 Å². The maximum atomic E-state index is 12.2. The summed E-state index contributed by atoms with van der Waals surface area (Å²) in [5.41, 5.74) is 1.59. The van der Waals surface area contributed by atoms with E-state index in [1.165, 1.54) is 0 Å². The minimum Gasteiger partial charge on any atom is -0.454 e. The van der Waals surface area contributed by atoms with Crippen molar-refractivity contribution < 1.29 is 14.3 Å². The number of alkyl halides is 1. The Bertz CT molecular complexity index is 630. The SMILES string of the molecule is O=C(Nc1ccc2c(c1)OCO2)[C@@H](Br)c1ccccc1. The molecule has 1 aliphatic heterocycles. The van der Waals surface area contributed by atoms with Crippen LogP contribution in [0.2, 0.25) is 0 Å². The second-order valence-electron chi connectivity index (χ2n) is 4.33. The van der Waals surface area contributed by atoms with Gasteiger partial charge in [-0.25, -0.2) is 0 Å². The van der Waals surface area contributed by atoms with Gasteiger partial charge in [0.15, 0.2) is 11.5 Å². The van der Waals surface area contributed by atoms with Crippen LogP contribution < -0.4 is 14.8 Å². The van der Waals surface area contributed by atoms with E-state index >= 15 is 0 Å². The third-order valence-electron chi connectivity index (χ3n) is 2.96.